The highest BCUT2D eigenvalue weighted by molar-refractivity contribution is 5.99. The summed E-state index contributed by atoms with van der Waals surface area (Å²) in [6, 6.07) is 7.07. The number of benzene rings is 1. The molecule has 86 valence electrons. The number of hydrogen-bond donors (Lipinski definition) is 2. The lowest BCUT2D eigenvalue weighted by Gasteiger charge is -2.23. The zero-order valence-corrected chi connectivity index (χ0v) is 9.32. The average molecular weight is 220 g/mol. The normalized spacial score (nSPS) is 24.3. The van der Waals surface area contributed by atoms with Crippen molar-refractivity contribution in [2.45, 2.75) is 18.9 Å². The molecule has 0 aliphatic carbocycles. The number of nitrogens with one attached hydrogen (secondary N) is 1. The van der Waals surface area contributed by atoms with Gasteiger partial charge in [0.2, 0.25) is 0 Å². The molecule has 0 bridgehead atoms. The highest BCUT2D eigenvalue weighted by Crippen LogP contribution is 2.19. The molecule has 0 spiro atoms. The minimum Gasteiger partial charge on any atom is -0.398 e. The van der Waals surface area contributed by atoms with Crippen LogP contribution in [-0.4, -0.2) is 24.7 Å². The Morgan fingerprint density at radius 1 is 1.50 bits per heavy atom. The van der Waals surface area contributed by atoms with Crippen LogP contribution in [0, 0.1) is 0 Å². The molecule has 1 atom stereocenters. The molecule has 4 heteroatoms. The summed E-state index contributed by atoms with van der Waals surface area (Å²) in [4.78, 5) is 12.0. The lowest BCUT2D eigenvalue weighted by Crippen LogP contribution is -2.46. The van der Waals surface area contributed by atoms with Crippen LogP contribution in [-0.2, 0) is 4.74 Å². The summed E-state index contributed by atoms with van der Waals surface area (Å²) in [6.45, 7) is 3.24. The number of hydrogen-bond acceptors (Lipinski definition) is 3. The average Bonchev–Trinajstić information content (AvgIpc) is 2.65. The topological polar surface area (TPSA) is 64.4 Å². The quantitative estimate of drug-likeness (QED) is 0.735. The molecule has 1 unspecified atom stereocenters. The Labute approximate surface area is 94.8 Å². The van der Waals surface area contributed by atoms with E-state index in [-0.39, 0.29) is 11.4 Å². The van der Waals surface area contributed by atoms with Gasteiger partial charge in [-0.3, -0.25) is 4.79 Å². The van der Waals surface area contributed by atoms with Gasteiger partial charge in [0, 0.05) is 12.3 Å². The monoisotopic (exact) mass is 220 g/mol. The van der Waals surface area contributed by atoms with Crippen molar-refractivity contribution in [3.63, 3.8) is 0 Å². The number of para-hydroxylation sites is 1. The van der Waals surface area contributed by atoms with Crippen molar-refractivity contribution in [3.8, 4) is 0 Å². The van der Waals surface area contributed by atoms with E-state index in [2.05, 4.69) is 5.32 Å². The molecular formula is C12H16N2O2. The van der Waals surface area contributed by atoms with Crippen LogP contribution in [0.15, 0.2) is 24.3 Å². The third kappa shape index (κ3) is 2.17. The van der Waals surface area contributed by atoms with Crippen LogP contribution in [0.4, 0.5) is 5.69 Å². The van der Waals surface area contributed by atoms with Crippen LogP contribution in [0.5, 0.6) is 0 Å². The van der Waals surface area contributed by atoms with E-state index >= 15 is 0 Å². The van der Waals surface area contributed by atoms with E-state index in [1.54, 1.807) is 18.2 Å². The molecule has 0 saturated carbocycles. The summed E-state index contributed by atoms with van der Waals surface area (Å²) in [7, 11) is 0. The van der Waals surface area contributed by atoms with Gasteiger partial charge in [0.1, 0.15) is 0 Å². The Kier molecular flexibility index (Phi) is 2.83. The van der Waals surface area contributed by atoms with Gasteiger partial charge >= 0.3 is 0 Å². The maximum absolute atomic E-state index is 12.0. The zero-order chi connectivity index (χ0) is 11.6. The van der Waals surface area contributed by atoms with Crippen molar-refractivity contribution in [1.82, 2.24) is 5.32 Å². The number of rotatable bonds is 2. The SMILES string of the molecule is CC1(NC(=O)c2ccccc2N)CCOC1. The van der Waals surface area contributed by atoms with Gasteiger partial charge in [-0.1, -0.05) is 12.1 Å². The van der Waals surface area contributed by atoms with Gasteiger partial charge in [-0.15, -0.1) is 0 Å². The second-order valence-electron chi connectivity index (χ2n) is 4.40. The van der Waals surface area contributed by atoms with Crippen molar-refractivity contribution in [3.05, 3.63) is 29.8 Å². The van der Waals surface area contributed by atoms with E-state index in [1.165, 1.54) is 0 Å². The second-order valence-corrected chi connectivity index (χ2v) is 4.40. The highest BCUT2D eigenvalue weighted by atomic mass is 16.5. The minimum absolute atomic E-state index is 0.133. The smallest absolute Gasteiger partial charge is 0.253 e. The molecule has 2 rings (SSSR count). The first-order chi connectivity index (χ1) is 7.61. The fraction of sp³-hybridized carbons (Fsp3) is 0.417. The number of carbonyl (C=O) groups excluding carboxylic acids is 1. The molecular weight excluding hydrogens is 204 g/mol. The largest absolute Gasteiger partial charge is 0.398 e. The minimum atomic E-state index is -0.265. The molecule has 1 saturated heterocycles. The van der Waals surface area contributed by atoms with Crippen molar-refractivity contribution >= 4 is 11.6 Å². The number of amides is 1. The fourth-order valence-corrected chi connectivity index (χ4v) is 1.81. The molecule has 1 aromatic rings. The van der Waals surface area contributed by atoms with Crippen LogP contribution in [0.2, 0.25) is 0 Å². The maximum atomic E-state index is 12.0. The first-order valence-corrected chi connectivity index (χ1v) is 5.35. The van der Waals surface area contributed by atoms with E-state index in [0.29, 0.717) is 24.5 Å². The van der Waals surface area contributed by atoms with E-state index in [9.17, 15) is 4.79 Å². The number of carbonyl (C=O) groups is 1. The van der Waals surface area contributed by atoms with Crippen LogP contribution < -0.4 is 11.1 Å². The number of ether oxygens (including phenoxy) is 1. The summed E-state index contributed by atoms with van der Waals surface area (Å²) in [6.07, 6.45) is 0.839. The maximum Gasteiger partial charge on any atom is 0.253 e. The Balaban J connectivity index is 2.11. The van der Waals surface area contributed by atoms with Gasteiger partial charge < -0.3 is 15.8 Å². The Morgan fingerprint density at radius 2 is 2.25 bits per heavy atom. The van der Waals surface area contributed by atoms with Crippen molar-refractivity contribution in [1.29, 1.82) is 0 Å². The molecule has 1 fully saturated rings. The molecule has 1 heterocycles. The summed E-state index contributed by atoms with van der Waals surface area (Å²) >= 11 is 0. The van der Waals surface area contributed by atoms with Gasteiger partial charge in [0.25, 0.3) is 5.91 Å². The van der Waals surface area contributed by atoms with Crippen LogP contribution in [0.3, 0.4) is 0 Å². The Bertz CT molecular complexity index is 398. The number of anilines is 1. The molecule has 0 radical (unpaired) electrons. The van der Waals surface area contributed by atoms with Crippen LogP contribution >= 0.6 is 0 Å². The number of nitrogens with two attached hydrogens (primary N) is 1. The standard InChI is InChI=1S/C12H16N2O2/c1-12(6-7-16-8-12)14-11(15)9-4-2-3-5-10(9)13/h2-5H,6-8,13H2,1H3,(H,14,15). The fourth-order valence-electron chi connectivity index (χ4n) is 1.81. The van der Waals surface area contributed by atoms with Crippen molar-refractivity contribution in [2.24, 2.45) is 0 Å². The van der Waals surface area contributed by atoms with Crippen molar-refractivity contribution in [2.75, 3.05) is 18.9 Å². The predicted molar refractivity (Wildman–Crippen MR) is 62.2 cm³/mol. The first-order valence-electron chi connectivity index (χ1n) is 5.35. The van der Waals surface area contributed by atoms with Crippen molar-refractivity contribution < 1.29 is 9.53 Å². The summed E-state index contributed by atoms with van der Waals surface area (Å²) in [5.74, 6) is -0.133. The summed E-state index contributed by atoms with van der Waals surface area (Å²) in [5, 5.41) is 2.97. The predicted octanol–water partition coefficient (Wildman–Crippen LogP) is 1.18. The van der Waals surface area contributed by atoms with Gasteiger partial charge in [-0.25, -0.2) is 0 Å². The molecule has 4 nitrogen and oxygen atoms in total. The molecule has 1 aliphatic rings. The van der Waals surface area contributed by atoms with E-state index in [4.69, 9.17) is 10.5 Å². The molecule has 0 aromatic heterocycles. The second kappa shape index (κ2) is 4.14. The highest BCUT2D eigenvalue weighted by Gasteiger charge is 2.31. The van der Waals surface area contributed by atoms with Gasteiger partial charge in [0.05, 0.1) is 17.7 Å². The Morgan fingerprint density at radius 3 is 2.88 bits per heavy atom. The van der Waals surface area contributed by atoms with E-state index in [1.807, 2.05) is 13.0 Å². The Hall–Kier alpha value is -1.55. The summed E-state index contributed by atoms with van der Waals surface area (Å²) < 4.78 is 5.28. The molecule has 1 aliphatic heterocycles. The lowest BCUT2D eigenvalue weighted by atomic mass is 10.0. The molecule has 1 aromatic carbocycles. The van der Waals surface area contributed by atoms with E-state index < -0.39 is 0 Å². The van der Waals surface area contributed by atoms with Crippen LogP contribution in [0.1, 0.15) is 23.7 Å². The van der Waals surface area contributed by atoms with Gasteiger partial charge in [0.15, 0.2) is 0 Å². The number of nitrogen functional groups attached to an aromatic ring is 1. The molecule has 1 amide bonds. The third-order valence-corrected chi connectivity index (χ3v) is 2.84. The lowest BCUT2D eigenvalue weighted by molar-refractivity contribution is 0.0891. The van der Waals surface area contributed by atoms with Gasteiger partial charge in [-0.05, 0) is 25.5 Å². The van der Waals surface area contributed by atoms with Crippen LogP contribution in [0.25, 0.3) is 0 Å². The zero-order valence-electron chi connectivity index (χ0n) is 9.32. The molecule has 16 heavy (non-hydrogen) atoms. The first kappa shape index (κ1) is 11.0. The third-order valence-electron chi connectivity index (χ3n) is 2.84. The summed E-state index contributed by atoms with van der Waals surface area (Å²) in [5.41, 5.74) is 6.51. The van der Waals surface area contributed by atoms with E-state index in [0.717, 1.165) is 6.42 Å². The van der Waals surface area contributed by atoms with Gasteiger partial charge in [-0.2, -0.15) is 0 Å². The molecule has 3 N–H and O–H groups in total.